The van der Waals surface area contributed by atoms with E-state index in [4.69, 9.17) is 20.7 Å². The largest absolute Gasteiger partial charge is 0.477 e. The number of nitriles is 2. The highest BCUT2D eigenvalue weighted by atomic mass is 16.4. The van der Waals surface area contributed by atoms with E-state index in [0.29, 0.717) is 11.1 Å². The second-order valence-corrected chi connectivity index (χ2v) is 7.30. The lowest BCUT2D eigenvalue weighted by molar-refractivity contribution is -0.133. The predicted molar refractivity (Wildman–Crippen MR) is 128 cm³/mol. The van der Waals surface area contributed by atoms with Crippen LogP contribution in [-0.4, -0.2) is 22.2 Å². The minimum atomic E-state index is -1.29. The second kappa shape index (κ2) is 10.4. The minimum Gasteiger partial charge on any atom is -0.477 e. The molecule has 3 rings (SSSR count). The van der Waals surface area contributed by atoms with Gasteiger partial charge in [0.15, 0.2) is 0 Å². The van der Waals surface area contributed by atoms with Crippen LogP contribution in [0.2, 0.25) is 0 Å². The number of hydrogen-bond donors (Lipinski definition) is 2. The van der Waals surface area contributed by atoms with Crippen molar-refractivity contribution in [1.29, 1.82) is 10.5 Å². The lowest BCUT2D eigenvalue weighted by Crippen LogP contribution is -2.10. The molecular formula is C27H19N3O4. The molecule has 7 heteroatoms. The first-order valence-electron chi connectivity index (χ1n) is 10.1. The van der Waals surface area contributed by atoms with Crippen molar-refractivity contribution < 1.29 is 19.8 Å². The van der Waals surface area contributed by atoms with Crippen LogP contribution in [0.5, 0.6) is 0 Å². The third kappa shape index (κ3) is 5.56. The SMILES string of the molecule is Cc1ccc(N(c2ccc(/C=C(/C#N)C(=O)O)cc2)c2ccc(/C=C(\C#N)C(=O)O)cc2)cc1. The van der Waals surface area contributed by atoms with Crippen molar-refractivity contribution in [2.24, 2.45) is 0 Å². The number of carboxylic acid groups (broad SMARTS) is 2. The van der Waals surface area contributed by atoms with E-state index in [9.17, 15) is 9.59 Å². The molecule has 0 bridgehead atoms. The van der Waals surface area contributed by atoms with Crippen LogP contribution < -0.4 is 4.90 Å². The quantitative estimate of drug-likeness (QED) is 0.363. The fourth-order valence-electron chi connectivity index (χ4n) is 3.20. The van der Waals surface area contributed by atoms with Gasteiger partial charge in [0.2, 0.25) is 0 Å². The van der Waals surface area contributed by atoms with Crippen LogP contribution in [0.4, 0.5) is 17.1 Å². The molecule has 0 aromatic heterocycles. The first-order chi connectivity index (χ1) is 16.3. The summed E-state index contributed by atoms with van der Waals surface area (Å²) in [5, 5.41) is 36.1. The molecule has 7 nitrogen and oxygen atoms in total. The van der Waals surface area contributed by atoms with Gasteiger partial charge in [0.25, 0.3) is 0 Å². The first kappa shape index (κ1) is 23.5. The van der Waals surface area contributed by atoms with Gasteiger partial charge in [-0.25, -0.2) is 9.59 Å². The molecule has 0 aliphatic carbocycles. The maximum atomic E-state index is 11.1. The van der Waals surface area contributed by atoms with E-state index >= 15 is 0 Å². The molecular weight excluding hydrogens is 430 g/mol. The van der Waals surface area contributed by atoms with Gasteiger partial charge in [-0.3, -0.25) is 0 Å². The lowest BCUT2D eigenvalue weighted by atomic mass is 10.1. The van der Waals surface area contributed by atoms with Crippen molar-refractivity contribution in [2.75, 3.05) is 4.90 Å². The predicted octanol–water partition coefficient (Wildman–Crippen LogP) is 5.45. The Labute approximate surface area is 196 Å². The van der Waals surface area contributed by atoms with Crippen LogP contribution in [-0.2, 0) is 9.59 Å². The van der Waals surface area contributed by atoms with Gasteiger partial charge in [0, 0.05) is 17.1 Å². The Balaban J connectivity index is 2.03. The summed E-state index contributed by atoms with van der Waals surface area (Å²) in [5.41, 5.74) is 4.00. The van der Waals surface area contributed by atoms with Gasteiger partial charge in [0.05, 0.1) is 0 Å². The lowest BCUT2D eigenvalue weighted by Gasteiger charge is -2.26. The first-order valence-corrected chi connectivity index (χ1v) is 10.1. The van der Waals surface area contributed by atoms with E-state index in [0.717, 1.165) is 22.6 Å². The van der Waals surface area contributed by atoms with E-state index in [1.54, 1.807) is 36.4 Å². The Bertz CT molecular complexity index is 1270. The van der Waals surface area contributed by atoms with Crippen molar-refractivity contribution in [1.82, 2.24) is 0 Å². The van der Waals surface area contributed by atoms with Gasteiger partial charge < -0.3 is 15.1 Å². The average Bonchev–Trinajstić information content (AvgIpc) is 2.83. The zero-order chi connectivity index (χ0) is 24.7. The normalized spacial score (nSPS) is 11.3. The van der Waals surface area contributed by atoms with Crippen molar-refractivity contribution in [3.05, 3.63) is 101 Å². The molecule has 0 saturated carbocycles. The zero-order valence-corrected chi connectivity index (χ0v) is 18.1. The van der Waals surface area contributed by atoms with E-state index < -0.39 is 11.9 Å². The maximum absolute atomic E-state index is 11.1. The smallest absolute Gasteiger partial charge is 0.346 e. The fraction of sp³-hybridized carbons (Fsp3) is 0.0370. The molecule has 2 N–H and O–H groups in total. The molecule has 34 heavy (non-hydrogen) atoms. The van der Waals surface area contributed by atoms with Gasteiger partial charge in [-0.1, -0.05) is 42.0 Å². The molecule has 0 atom stereocenters. The molecule has 3 aromatic carbocycles. The Kier molecular flexibility index (Phi) is 7.23. The molecule has 0 aliphatic heterocycles. The molecule has 0 radical (unpaired) electrons. The molecule has 0 heterocycles. The maximum Gasteiger partial charge on any atom is 0.346 e. The number of rotatable bonds is 7. The number of aliphatic carboxylic acids is 2. The molecule has 0 spiro atoms. The minimum absolute atomic E-state index is 0.357. The molecule has 166 valence electrons. The highest BCUT2D eigenvalue weighted by Crippen LogP contribution is 2.35. The summed E-state index contributed by atoms with van der Waals surface area (Å²) < 4.78 is 0. The number of hydrogen-bond acceptors (Lipinski definition) is 5. The molecule has 0 aliphatic rings. The summed E-state index contributed by atoms with van der Waals surface area (Å²) in [5.74, 6) is -2.58. The summed E-state index contributed by atoms with van der Waals surface area (Å²) in [6.45, 7) is 1.99. The van der Waals surface area contributed by atoms with E-state index in [2.05, 4.69) is 0 Å². The van der Waals surface area contributed by atoms with Gasteiger partial charge in [-0.15, -0.1) is 0 Å². The van der Waals surface area contributed by atoms with Crippen molar-refractivity contribution in [3.8, 4) is 12.1 Å². The van der Waals surface area contributed by atoms with Gasteiger partial charge >= 0.3 is 11.9 Å². The summed E-state index contributed by atoms with van der Waals surface area (Å²) in [7, 11) is 0. The molecule has 3 aromatic rings. The van der Waals surface area contributed by atoms with Crippen molar-refractivity contribution >= 4 is 41.2 Å². The monoisotopic (exact) mass is 449 g/mol. The highest BCUT2D eigenvalue weighted by Gasteiger charge is 2.13. The van der Waals surface area contributed by atoms with Gasteiger partial charge in [-0.2, -0.15) is 10.5 Å². The van der Waals surface area contributed by atoms with Crippen LogP contribution in [0.1, 0.15) is 16.7 Å². The van der Waals surface area contributed by atoms with Crippen molar-refractivity contribution in [2.45, 2.75) is 6.92 Å². The summed E-state index contributed by atoms with van der Waals surface area (Å²) >= 11 is 0. The van der Waals surface area contributed by atoms with Crippen LogP contribution in [0.15, 0.2) is 83.9 Å². The highest BCUT2D eigenvalue weighted by molar-refractivity contribution is 5.97. The number of carbonyl (C=O) groups is 2. The number of anilines is 3. The van der Waals surface area contributed by atoms with Gasteiger partial charge in [0.1, 0.15) is 23.3 Å². The number of nitrogens with zero attached hydrogens (tertiary/aromatic N) is 3. The van der Waals surface area contributed by atoms with E-state index in [1.807, 2.05) is 60.4 Å². The summed E-state index contributed by atoms with van der Waals surface area (Å²) in [6, 6.07) is 25.4. The Hall–Kier alpha value is -5.14. The van der Waals surface area contributed by atoms with Crippen molar-refractivity contribution in [3.63, 3.8) is 0 Å². The summed E-state index contributed by atoms with van der Waals surface area (Å²) in [6.07, 6.45) is 2.61. The molecule has 0 unspecified atom stereocenters. The van der Waals surface area contributed by atoms with Crippen LogP contribution >= 0.6 is 0 Å². The zero-order valence-electron chi connectivity index (χ0n) is 18.1. The topological polar surface area (TPSA) is 125 Å². The Morgan fingerprint density at radius 3 is 1.29 bits per heavy atom. The fourth-order valence-corrected chi connectivity index (χ4v) is 3.20. The summed E-state index contributed by atoms with van der Waals surface area (Å²) in [4.78, 5) is 24.2. The molecule has 0 amide bonds. The third-order valence-electron chi connectivity index (χ3n) is 4.92. The Morgan fingerprint density at radius 2 is 1.00 bits per heavy atom. The molecule has 0 fully saturated rings. The van der Waals surface area contributed by atoms with E-state index in [-0.39, 0.29) is 11.1 Å². The Morgan fingerprint density at radius 1 is 0.676 bits per heavy atom. The number of aryl methyl sites for hydroxylation is 1. The van der Waals surface area contributed by atoms with Crippen LogP contribution in [0.3, 0.4) is 0 Å². The average molecular weight is 449 g/mol. The number of benzene rings is 3. The van der Waals surface area contributed by atoms with E-state index in [1.165, 1.54) is 12.2 Å². The second-order valence-electron chi connectivity index (χ2n) is 7.30. The molecule has 0 saturated heterocycles. The van der Waals surface area contributed by atoms with Crippen LogP contribution in [0, 0.1) is 29.6 Å². The number of carboxylic acids is 2. The van der Waals surface area contributed by atoms with Crippen LogP contribution in [0.25, 0.3) is 12.2 Å². The third-order valence-corrected chi connectivity index (χ3v) is 4.92. The van der Waals surface area contributed by atoms with Gasteiger partial charge in [-0.05, 0) is 66.6 Å². The standard InChI is InChI=1S/C27H19N3O4/c1-18-2-8-23(9-3-18)30(24-10-4-19(5-11-24)14-21(16-28)26(31)32)25-12-6-20(7-13-25)15-22(17-29)27(33)34/h2-15H,1H3,(H,31,32)(H,33,34)/b21-14-,22-15+.